The van der Waals surface area contributed by atoms with Crippen LogP contribution in [0.2, 0.25) is 0 Å². The van der Waals surface area contributed by atoms with Crippen LogP contribution in [0.25, 0.3) is 0 Å². The molecule has 1 atom stereocenters. The topological polar surface area (TPSA) is 55.9 Å². The highest BCUT2D eigenvalue weighted by Gasteiger charge is 2.24. The summed E-state index contributed by atoms with van der Waals surface area (Å²) in [5, 5.41) is 4.41. The van der Waals surface area contributed by atoms with Gasteiger partial charge in [0.05, 0.1) is 12.2 Å². The summed E-state index contributed by atoms with van der Waals surface area (Å²) in [5.74, 6) is 6.45. The Morgan fingerprint density at radius 3 is 2.72 bits per heavy atom. The third kappa shape index (κ3) is 3.33. The Labute approximate surface area is 110 Å². The number of rotatable bonds is 5. The van der Waals surface area contributed by atoms with Crippen LogP contribution in [-0.4, -0.2) is 9.78 Å². The van der Waals surface area contributed by atoms with Crippen LogP contribution in [0.3, 0.4) is 0 Å². The van der Waals surface area contributed by atoms with Crippen LogP contribution in [0.4, 0.5) is 0 Å². The molecule has 4 heteroatoms. The van der Waals surface area contributed by atoms with E-state index in [4.69, 9.17) is 5.84 Å². The number of aryl methyl sites for hydroxylation is 1. The molecule has 3 N–H and O–H groups in total. The number of nitrogens with one attached hydrogen (secondary N) is 1. The first-order chi connectivity index (χ1) is 8.85. The van der Waals surface area contributed by atoms with Gasteiger partial charge in [0.1, 0.15) is 0 Å². The van der Waals surface area contributed by atoms with E-state index >= 15 is 0 Å². The van der Waals surface area contributed by atoms with Gasteiger partial charge in [-0.3, -0.25) is 16.0 Å². The second kappa shape index (κ2) is 6.90. The molecule has 1 aliphatic carbocycles. The van der Waals surface area contributed by atoms with Crippen molar-refractivity contribution < 1.29 is 0 Å². The molecule has 1 saturated carbocycles. The predicted molar refractivity (Wildman–Crippen MR) is 73.8 cm³/mol. The number of hydrogen-bond donors (Lipinski definition) is 2. The SMILES string of the molecule is CCCn1cc(C(NN)C2CCCCCC2)cn1. The minimum atomic E-state index is 0.272. The van der Waals surface area contributed by atoms with Crippen molar-refractivity contribution in [2.45, 2.75) is 64.5 Å². The van der Waals surface area contributed by atoms with E-state index < -0.39 is 0 Å². The van der Waals surface area contributed by atoms with Gasteiger partial charge in [-0.15, -0.1) is 0 Å². The fourth-order valence-corrected chi connectivity index (χ4v) is 3.04. The summed E-state index contributed by atoms with van der Waals surface area (Å²) in [6.45, 7) is 3.16. The Morgan fingerprint density at radius 1 is 1.39 bits per heavy atom. The molecule has 0 radical (unpaired) electrons. The number of nitrogens with two attached hydrogens (primary N) is 1. The summed E-state index contributed by atoms with van der Waals surface area (Å²) in [4.78, 5) is 0. The molecule has 1 fully saturated rings. The van der Waals surface area contributed by atoms with Gasteiger partial charge in [0.2, 0.25) is 0 Å². The second-order valence-corrected chi connectivity index (χ2v) is 5.43. The number of hydrogen-bond acceptors (Lipinski definition) is 3. The molecule has 4 nitrogen and oxygen atoms in total. The molecular weight excluding hydrogens is 224 g/mol. The maximum atomic E-state index is 5.78. The minimum absolute atomic E-state index is 0.272. The summed E-state index contributed by atoms with van der Waals surface area (Å²) in [6, 6.07) is 0.272. The molecule has 0 aromatic carbocycles. The number of hydrazine groups is 1. The molecule has 0 spiro atoms. The van der Waals surface area contributed by atoms with E-state index in [0.717, 1.165) is 13.0 Å². The van der Waals surface area contributed by atoms with Gasteiger partial charge in [0.15, 0.2) is 0 Å². The van der Waals surface area contributed by atoms with Gasteiger partial charge < -0.3 is 0 Å². The molecule has 18 heavy (non-hydrogen) atoms. The van der Waals surface area contributed by atoms with Crippen molar-refractivity contribution in [1.29, 1.82) is 0 Å². The Bertz CT molecular complexity index is 339. The van der Waals surface area contributed by atoms with Gasteiger partial charge in [0.25, 0.3) is 0 Å². The van der Waals surface area contributed by atoms with Crippen molar-refractivity contribution in [3.63, 3.8) is 0 Å². The van der Waals surface area contributed by atoms with Crippen LogP contribution in [0.15, 0.2) is 12.4 Å². The molecule has 1 unspecified atom stereocenters. The van der Waals surface area contributed by atoms with Gasteiger partial charge in [-0.25, -0.2) is 0 Å². The number of nitrogens with zero attached hydrogens (tertiary/aromatic N) is 2. The van der Waals surface area contributed by atoms with Crippen molar-refractivity contribution in [2.24, 2.45) is 11.8 Å². The standard InChI is InChI=1S/C14H26N4/c1-2-9-18-11-13(10-16-18)14(17-15)12-7-5-3-4-6-8-12/h10-12,14,17H,2-9,15H2,1H3. The minimum Gasteiger partial charge on any atom is -0.272 e. The zero-order chi connectivity index (χ0) is 12.8. The van der Waals surface area contributed by atoms with Crippen molar-refractivity contribution in [2.75, 3.05) is 0 Å². The molecule has 0 aliphatic heterocycles. The maximum Gasteiger partial charge on any atom is 0.0538 e. The van der Waals surface area contributed by atoms with Crippen LogP contribution >= 0.6 is 0 Å². The smallest absolute Gasteiger partial charge is 0.0538 e. The summed E-state index contributed by atoms with van der Waals surface area (Å²) < 4.78 is 2.02. The predicted octanol–water partition coefficient (Wildman–Crippen LogP) is 2.77. The molecule has 0 amide bonds. The van der Waals surface area contributed by atoms with E-state index in [0.29, 0.717) is 5.92 Å². The summed E-state index contributed by atoms with van der Waals surface area (Å²) in [7, 11) is 0. The molecule has 1 heterocycles. The Morgan fingerprint density at radius 2 is 2.11 bits per heavy atom. The quantitative estimate of drug-likeness (QED) is 0.480. The fraction of sp³-hybridized carbons (Fsp3) is 0.786. The van der Waals surface area contributed by atoms with Crippen LogP contribution < -0.4 is 11.3 Å². The molecule has 1 aromatic rings. The molecule has 1 aromatic heterocycles. The summed E-state index contributed by atoms with van der Waals surface area (Å²) in [5.41, 5.74) is 4.27. The van der Waals surface area contributed by atoms with Gasteiger partial charge in [0, 0.05) is 18.3 Å². The van der Waals surface area contributed by atoms with E-state index in [1.807, 2.05) is 10.9 Å². The average molecular weight is 250 g/mol. The Hall–Kier alpha value is -0.870. The third-order valence-corrected chi connectivity index (χ3v) is 4.02. The monoisotopic (exact) mass is 250 g/mol. The molecule has 102 valence electrons. The van der Waals surface area contributed by atoms with Crippen LogP contribution in [0, 0.1) is 5.92 Å². The Balaban J connectivity index is 2.05. The van der Waals surface area contributed by atoms with Crippen molar-refractivity contribution >= 4 is 0 Å². The highest BCUT2D eigenvalue weighted by Crippen LogP contribution is 2.32. The van der Waals surface area contributed by atoms with E-state index in [1.165, 1.54) is 44.1 Å². The summed E-state index contributed by atoms with van der Waals surface area (Å²) >= 11 is 0. The van der Waals surface area contributed by atoms with Crippen molar-refractivity contribution in [1.82, 2.24) is 15.2 Å². The van der Waals surface area contributed by atoms with Crippen LogP contribution in [0.1, 0.15) is 63.5 Å². The van der Waals surface area contributed by atoms with Gasteiger partial charge in [-0.2, -0.15) is 5.10 Å². The van der Waals surface area contributed by atoms with Gasteiger partial charge in [-0.1, -0.05) is 32.6 Å². The normalized spacial score (nSPS) is 19.7. The van der Waals surface area contributed by atoms with Gasteiger partial charge >= 0.3 is 0 Å². The molecule has 2 rings (SSSR count). The third-order valence-electron chi connectivity index (χ3n) is 4.02. The molecule has 0 saturated heterocycles. The first-order valence-electron chi connectivity index (χ1n) is 7.33. The van der Waals surface area contributed by atoms with Crippen LogP contribution in [0.5, 0.6) is 0 Å². The van der Waals surface area contributed by atoms with Gasteiger partial charge in [-0.05, 0) is 25.2 Å². The zero-order valence-corrected chi connectivity index (χ0v) is 11.4. The zero-order valence-electron chi connectivity index (χ0n) is 11.4. The lowest BCUT2D eigenvalue weighted by Gasteiger charge is -2.24. The van der Waals surface area contributed by atoms with Crippen molar-refractivity contribution in [3.05, 3.63) is 18.0 Å². The fourth-order valence-electron chi connectivity index (χ4n) is 3.04. The lowest BCUT2D eigenvalue weighted by Crippen LogP contribution is -2.33. The molecule has 0 bridgehead atoms. The van der Waals surface area contributed by atoms with Crippen molar-refractivity contribution in [3.8, 4) is 0 Å². The Kier molecular flexibility index (Phi) is 5.20. The highest BCUT2D eigenvalue weighted by molar-refractivity contribution is 5.11. The lowest BCUT2D eigenvalue weighted by molar-refractivity contribution is 0.329. The first kappa shape index (κ1) is 13.6. The van der Waals surface area contributed by atoms with E-state index in [9.17, 15) is 0 Å². The summed E-state index contributed by atoms with van der Waals surface area (Å²) in [6.07, 6.45) is 13.3. The molecular formula is C14H26N4. The lowest BCUT2D eigenvalue weighted by atomic mass is 9.89. The molecule has 1 aliphatic rings. The van der Waals surface area contributed by atoms with E-state index in [-0.39, 0.29) is 6.04 Å². The first-order valence-corrected chi connectivity index (χ1v) is 7.33. The number of aromatic nitrogens is 2. The van der Waals surface area contributed by atoms with E-state index in [2.05, 4.69) is 23.6 Å². The largest absolute Gasteiger partial charge is 0.272 e. The average Bonchev–Trinajstić information content (AvgIpc) is 2.66. The maximum absolute atomic E-state index is 5.78. The highest BCUT2D eigenvalue weighted by atomic mass is 15.3. The van der Waals surface area contributed by atoms with Crippen LogP contribution in [-0.2, 0) is 6.54 Å². The van der Waals surface area contributed by atoms with E-state index in [1.54, 1.807) is 0 Å². The second-order valence-electron chi connectivity index (χ2n) is 5.43.